The van der Waals surface area contributed by atoms with Crippen molar-refractivity contribution in [3.8, 4) is 11.3 Å². The lowest BCUT2D eigenvalue weighted by molar-refractivity contribution is 0.775. The Hall–Kier alpha value is -2.46. The fraction of sp³-hybridized carbons (Fsp3) is 0.238. The first kappa shape index (κ1) is 16.0. The van der Waals surface area contributed by atoms with Crippen LogP contribution in [0, 0.1) is 6.92 Å². The SMILES string of the molecule is Cc1ccc2c(c1)/C(=N/Nc1nc(-c3ccccc3)cs1)CCCC2. The minimum absolute atomic E-state index is 0.838. The molecular formula is C21H21N3S. The van der Waals surface area contributed by atoms with E-state index < -0.39 is 0 Å². The van der Waals surface area contributed by atoms with Gasteiger partial charge in [0.05, 0.1) is 11.4 Å². The van der Waals surface area contributed by atoms with E-state index in [4.69, 9.17) is 5.10 Å². The predicted octanol–water partition coefficient (Wildman–Crippen LogP) is 5.66. The molecule has 0 spiro atoms. The van der Waals surface area contributed by atoms with Crippen LogP contribution in [0.1, 0.15) is 36.0 Å². The summed E-state index contributed by atoms with van der Waals surface area (Å²) in [6, 6.07) is 17.0. The van der Waals surface area contributed by atoms with Crippen LogP contribution < -0.4 is 5.43 Å². The average molecular weight is 347 g/mol. The maximum Gasteiger partial charge on any atom is 0.203 e. The van der Waals surface area contributed by atoms with Gasteiger partial charge in [-0.25, -0.2) is 4.98 Å². The molecular weight excluding hydrogens is 326 g/mol. The topological polar surface area (TPSA) is 37.3 Å². The Morgan fingerprint density at radius 1 is 1.04 bits per heavy atom. The van der Waals surface area contributed by atoms with E-state index >= 15 is 0 Å². The number of aromatic nitrogens is 1. The lowest BCUT2D eigenvalue weighted by Gasteiger charge is -2.09. The summed E-state index contributed by atoms with van der Waals surface area (Å²) in [4.78, 5) is 4.66. The van der Waals surface area contributed by atoms with E-state index in [9.17, 15) is 0 Å². The highest BCUT2D eigenvalue weighted by Gasteiger charge is 2.14. The fourth-order valence-corrected chi connectivity index (χ4v) is 3.88. The van der Waals surface area contributed by atoms with Gasteiger partial charge in [0.2, 0.25) is 5.13 Å². The van der Waals surface area contributed by atoms with Gasteiger partial charge in [0.15, 0.2) is 0 Å². The van der Waals surface area contributed by atoms with Crippen LogP contribution in [0.25, 0.3) is 11.3 Å². The van der Waals surface area contributed by atoms with E-state index in [0.717, 1.165) is 34.9 Å². The Morgan fingerprint density at radius 2 is 1.88 bits per heavy atom. The quantitative estimate of drug-likeness (QED) is 0.490. The number of anilines is 1. The van der Waals surface area contributed by atoms with Crippen molar-refractivity contribution >= 4 is 22.2 Å². The van der Waals surface area contributed by atoms with Crippen LogP contribution in [-0.4, -0.2) is 10.7 Å². The van der Waals surface area contributed by atoms with Crippen molar-refractivity contribution in [3.05, 3.63) is 70.6 Å². The average Bonchev–Trinajstić information content (AvgIpc) is 3.03. The smallest absolute Gasteiger partial charge is 0.203 e. The molecule has 25 heavy (non-hydrogen) atoms. The molecule has 3 nitrogen and oxygen atoms in total. The lowest BCUT2D eigenvalue weighted by Crippen LogP contribution is -2.06. The Bertz CT molecular complexity index is 897. The highest BCUT2D eigenvalue weighted by atomic mass is 32.1. The third-order valence-corrected chi connectivity index (χ3v) is 5.29. The minimum Gasteiger partial charge on any atom is -0.252 e. The minimum atomic E-state index is 0.838. The molecule has 4 rings (SSSR count). The molecule has 1 heterocycles. The van der Waals surface area contributed by atoms with Crippen molar-refractivity contribution in [2.24, 2.45) is 5.10 Å². The van der Waals surface area contributed by atoms with Crippen molar-refractivity contribution in [2.75, 3.05) is 5.43 Å². The van der Waals surface area contributed by atoms with Crippen molar-refractivity contribution in [3.63, 3.8) is 0 Å². The molecule has 0 amide bonds. The van der Waals surface area contributed by atoms with Crippen LogP contribution in [0.15, 0.2) is 59.0 Å². The second-order valence-electron chi connectivity index (χ2n) is 6.44. The zero-order valence-electron chi connectivity index (χ0n) is 14.3. The molecule has 0 unspecified atom stereocenters. The summed E-state index contributed by atoms with van der Waals surface area (Å²) in [7, 11) is 0. The molecule has 4 heteroatoms. The maximum atomic E-state index is 4.72. The Kier molecular flexibility index (Phi) is 4.61. The first-order valence-corrected chi connectivity index (χ1v) is 9.61. The van der Waals surface area contributed by atoms with Crippen LogP contribution in [0.2, 0.25) is 0 Å². The van der Waals surface area contributed by atoms with Crippen LogP contribution in [0.5, 0.6) is 0 Å². The van der Waals surface area contributed by atoms with Crippen LogP contribution >= 0.6 is 11.3 Å². The number of nitrogens with zero attached hydrogens (tertiary/aromatic N) is 2. The zero-order valence-corrected chi connectivity index (χ0v) is 15.1. The first-order chi connectivity index (χ1) is 12.3. The van der Waals surface area contributed by atoms with Gasteiger partial charge in [-0.2, -0.15) is 5.10 Å². The number of hydrazone groups is 1. The molecule has 0 bridgehead atoms. The molecule has 0 radical (unpaired) electrons. The molecule has 1 N–H and O–H groups in total. The largest absolute Gasteiger partial charge is 0.252 e. The van der Waals surface area contributed by atoms with Gasteiger partial charge in [0.1, 0.15) is 0 Å². The van der Waals surface area contributed by atoms with Crippen molar-refractivity contribution in [1.29, 1.82) is 0 Å². The van der Waals surface area contributed by atoms with Gasteiger partial charge in [-0.1, -0.05) is 48.0 Å². The Balaban J connectivity index is 1.58. The second kappa shape index (κ2) is 7.19. The van der Waals surface area contributed by atoms with E-state index in [1.165, 1.54) is 29.5 Å². The number of nitrogens with one attached hydrogen (secondary N) is 1. The normalized spacial score (nSPS) is 15.6. The van der Waals surface area contributed by atoms with Crippen molar-refractivity contribution < 1.29 is 0 Å². The van der Waals surface area contributed by atoms with Gasteiger partial charge >= 0.3 is 0 Å². The maximum absolute atomic E-state index is 4.72. The summed E-state index contributed by atoms with van der Waals surface area (Å²) in [5, 5.41) is 7.63. The highest BCUT2D eigenvalue weighted by Crippen LogP contribution is 2.26. The zero-order chi connectivity index (χ0) is 17.1. The summed E-state index contributed by atoms with van der Waals surface area (Å²) in [6.07, 6.45) is 4.57. The number of fused-ring (bicyclic) bond motifs is 1. The fourth-order valence-electron chi connectivity index (χ4n) is 3.22. The predicted molar refractivity (Wildman–Crippen MR) is 106 cm³/mol. The van der Waals surface area contributed by atoms with E-state index in [2.05, 4.69) is 53.0 Å². The van der Waals surface area contributed by atoms with Crippen molar-refractivity contribution in [2.45, 2.75) is 32.6 Å². The van der Waals surface area contributed by atoms with Crippen LogP contribution in [0.4, 0.5) is 5.13 Å². The molecule has 126 valence electrons. The summed E-state index contributed by atoms with van der Waals surface area (Å²) in [5.41, 5.74) is 10.5. The van der Waals surface area contributed by atoms with Gasteiger partial charge in [-0.15, -0.1) is 11.3 Å². The van der Waals surface area contributed by atoms with Gasteiger partial charge in [0.25, 0.3) is 0 Å². The molecule has 0 fully saturated rings. The molecule has 0 saturated heterocycles. The monoisotopic (exact) mass is 347 g/mol. The third kappa shape index (κ3) is 3.64. The number of hydrogen-bond donors (Lipinski definition) is 1. The Morgan fingerprint density at radius 3 is 2.76 bits per heavy atom. The number of thiazole rings is 1. The molecule has 0 aliphatic heterocycles. The number of hydrogen-bond acceptors (Lipinski definition) is 4. The lowest BCUT2D eigenvalue weighted by atomic mass is 9.99. The number of aryl methyl sites for hydroxylation is 2. The molecule has 1 aromatic heterocycles. The van der Waals surface area contributed by atoms with Crippen molar-refractivity contribution in [1.82, 2.24) is 4.98 Å². The number of benzene rings is 2. The van der Waals surface area contributed by atoms with Gasteiger partial charge in [-0.05, 0) is 44.2 Å². The standard InChI is InChI=1S/C21H21N3S/c1-15-11-12-16-7-5-6-10-19(18(16)13-15)23-24-21-22-20(14-25-21)17-8-3-2-4-9-17/h2-4,8-9,11-14H,5-7,10H2,1H3,(H,22,24)/b23-19+. The summed E-state index contributed by atoms with van der Waals surface area (Å²) < 4.78 is 0. The first-order valence-electron chi connectivity index (χ1n) is 8.73. The molecule has 0 saturated carbocycles. The summed E-state index contributed by atoms with van der Waals surface area (Å²) in [6.45, 7) is 2.14. The molecule has 0 atom stereocenters. The highest BCUT2D eigenvalue weighted by molar-refractivity contribution is 7.14. The molecule has 3 aromatic rings. The molecule has 1 aliphatic carbocycles. The van der Waals surface area contributed by atoms with Gasteiger partial charge < -0.3 is 0 Å². The van der Waals surface area contributed by atoms with E-state index in [1.807, 2.05) is 18.2 Å². The van der Waals surface area contributed by atoms with E-state index in [-0.39, 0.29) is 0 Å². The molecule has 2 aromatic carbocycles. The van der Waals surface area contributed by atoms with E-state index in [1.54, 1.807) is 11.3 Å². The third-order valence-electron chi connectivity index (χ3n) is 4.55. The second-order valence-corrected chi connectivity index (χ2v) is 7.30. The summed E-state index contributed by atoms with van der Waals surface area (Å²) >= 11 is 1.59. The Labute approximate surface area is 152 Å². The molecule has 1 aliphatic rings. The number of rotatable bonds is 3. The van der Waals surface area contributed by atoms with Crippen LogP contribution in [0.3, 0.4) is 0 Å². The summed E-state index contributed by atoms with van der Waals surface area (Å²) in [5.74, 6) is 0. The van der Waals surface area contributed by atoms with Gasteiger partial charge in [-0.3, -0.25) is 5.43 Å². The van der Waals surface area contributed by atoms with Crippen LogP contribution in [-0.2, 0) is 6.42 Å². The van der Waals surface area contributed by atoms with Gasteiger partial charge in [0, 0.05) is 16.5 Å². The van der Waals surface area contributed by atoms with E-state index in [0.29, 0.717) is 0 Å².